The van der Waals surface area contributed by atoms with Crippen molar-refractivity contribution in [2.45, 2.75) is 84.3 Å². The number of carbonyl (C=O) groups is 1. The van der Waals surface area contributed by atoms with Crippen molar-refractivity contribution in [1.82, 2.24) is 29.2 Å². The van der Waals surface area contributed by atoms with Crippen LogP contribution < -0.4 is 10.1 Å². The molecule has 214 valence electrons. The van der Waals surface area contributed by atoms with Crippen LogP contribution in [0.5, 0.6) is 5.88 Å². The Morgan fingerprint density at radius 2 is 1.97 bits per heavy atom. The summed E-state index contributed by atoms with van der Waals surface area (Å²) in [7, 11) is 0.620. The molecule has 0 saturated carbocycles. The van der Waals surface area contributed by atoms with Gasteiger partial charge in [0.05, 0.1) is 28.8 Å². The van der Waals surface area contributed by atoms with Gasteiger partial charge in [-0.2, -0.15) is 15.1 Å². The molecule has 4 heterocycles. The van der Waals surface area contributed by atoms with E-state index in [4.69, 9.17) is 30.8 Å². The number of ether oxygens (including phenoxy) is 3. The smallest absolute Gasteiger partial charge is 0.410 e. The van der Waals surface area contributed by atoms with Crippen molar-refractivity contribution in [2.24, 2.45) is 7.05 Å². The van der Waals surface area contributed by atoms with Crippen LogP contribution in [-0.2, 0) is 23.3 Å². The lowest BCUT2D eigenvalue weighted by Gasteiger charge is -2.26. The van der Waals surface area contributed by atoms with Crippen LogP contribution in [0, 0.1) is 0 Å². The molecular formula is C26H40ClN7O4Si. The Labute approximate surface area is 235 Å². The number of amides is 1. The molecule has 0 bridgehead atoms. The van der Waals surface area contributed by atoms with E-state index in [0.29, 0.717) is 54.2 Å². The highest BCUT2D eigenvalue weighted by Gasteiger charge is 2.37. The first-order chi connectivity index (χ1) is 18.2. The number of rotatable bonds is 9. The summed E-state index contributed by atoms with van der Waals surface area (Å²) in [6.07, 6.45) is 5.31. The fourth-order valence-corrected chi connectivity index (χ4v) is 5.34. The molecule has 1 N–H and O–H groups in total. The van der Waals surface area contributed by atoms with Gasteiger partial charge in [-0.05, 0) is 33.7 Å². The van der Waals surface area contributed by atoms with Crippen molar-refractivity contribution in [3.05, 3.63) is 23.6 Å². The lowest BCUT2D eigenvalue weighted by molar-refractivity contribution is 0.0223. The van der Waals surface area contributed by atoms with Gasteiger partial charge in [-0.1, -0.05) is 31.2 Å². The third-order valence-corrected chi connectivity index (χ3v) is 8.26. The molecule has 1 aliphatic heterocycles. The van der Waals surface area contributed by atoms with E-state index in [9.17, 15) is 4.79 Å². The van der Waals surface area contributed by atoms with Crippen molar-refractivity contribution >= 4 is 48.4 Å². The normalized spacial score (nSPS) is 18.1. The van der Waals surface area contributed by atoms with E-state index in [2.05, 4.69) is 35.0 Å². The Kier molecular flexibility index (Phi) is 8.48. The fourth-order valence-electron chi connectivity index (χ4n) is 4.30. The Bertz CT molecular complexity index is 1310. The molecule has 2 atom stereocenters. The number of halogens is 1. The lowest BCUT2D eigenvalue weighted by Crippen LogP contribution is -2.39. The minimum atomic E-state index is -1.22. The third kappa shape index (κ3) is 7.64. The second kappa shape index (κ2) is 11.3. The molecule has 0 unspecified atom stereocenters. The summed E-state index contributed by atoms with van der Waals surface area (Å²) in [4.78, 5) is 23.9. The van der Waals surface area contributed by atoms with Gasteiger partial charge in [0.15, 0.2) is 5.65 Å². The van der Waals surface area contributed by atoms with Crippen LogP contribution in [0.3, 0.4) is 0 Å². The molecule has 0 aromatic carbocycles. The standard InChI is InChI=1S/C26H40ClN7O4Si/c1-17-11-19(14-34(17)25(35)38-26(2,3)4)37-23-21-20(27)15-33(16-36-9-10-39(6,7)8)22(21)30-24(31-23)29-18-12-28-32(5)13-18/h12-13,15,17,19H,9-11,14,16H2,1-8H3,(H,29,30,31)/t17-,19+/m0/s1. The molecule has 0 radical (unpaired) electrons. The Morgan fingerprint density at radius 3 is 2.62 bits per heavy atom. The number of aryl methyl sites for hydroxylation is 1. The molecule has 0 aliphatic carbocycles. The van der Waals surface area contributed by atoms with Gasteiger partial charge in [-0.15, -0.1) is 0 Å². The zero-order valence-electron chi connectivity index (χ0n) is 24.1. The molecule has 1 saturated heterocycles. The van der Waals surface area contributed by atoms with Crippen LogP contribution in [0.15, 0.2) is 18.6 Å². The van der Waals surface area contributed by atoms with E-state index < -0.39 is 13.7 Å². The summed E-state index contributed by atoms with van der Waals surface area (Å²) in [5.41, 5.74) is 0.762. The predicted octanol–water partition coefficient (Wildman–Crippen LogP) is 5.65. The van der Waals surface area contributed by atoms with E-state index in [1.165, 1.54) is 0 Å². The van der Waals surface area contributed by atoms with Crippen LogP contribution in [0.4, 0.5) is 16.4 Å². The predicted molar refractivity (Wildman–Crippen MR) is 155 cm³/mol. The van der Waals surface area contributed by atoms with Crippen molar-refractivity contribution in [3.63, 3.8) is 0 Å². The van der Waals surface area contributed by atoms with E-state index in [1.807, 2.05) is 45.5 Å². The second-order valence-corrected chi connectivity index (χ2v) is 18.4. The maximum absolute atomic E-state index is 12.8. The summed E-state index contributed by atoms with van der Waals surface area (Å²) < 4.78 is 21.6. The van der Waals surface area contributed by atoms with Crippen LogP contribution in [0.1, 0.15) is 34.1 Å². The number of anilines is 2. The number of nitrogens with one attached hydrogen (secondary N) is 1. The number of fused-ring (bicyclic) bond motifs is 1. The minimum Gasteiger partial charge on any atom is -0.472 e. The van der Waals surface area contributed by atoms with Crippen molar-refractivity contribution in [2.75, 3.05) is 18.5 Å². The Balaban J connectivity index is 1.60. The van der Waals surface area contributed by atoms with Crippen LogP contribution >= 0.6 is 11.6 Å². The van der Waals surface area contributed by atoms with Crippen LogP contribution in [0.25, 0.3) is 11.0 Å². The van der Waals surface area contributed by atoms with Gasteiger partial charge in [0, 0.05) is 46.6 Å². The van der Waals surface area contributed by atoms with Crippen LogP contribution in [0.2, 0.25) is 30.7 Å². The largest absolute Gasteiger partial charge is 0.472 e. The van der Waals surface area contributed by atoms with E-state index in [1.54, 1.807) is 22.0 Å². The fraction of sp³-hybridized carbons (Fsp3) is 0.615. The summed E-state index contributed by atoms with van der Waals surface area (Å²) in [5.74, 6) is 0.694. The molecule has 1 amide bonds. The molecule has 4 rings (SSSR count). The van der Waals surface area contributed by atoms with Crippen molar-refractivity contribution in [3.8, 4) is 5.88 Å². The summed E-state index contributed by atoms with van der Waals surface area (Å²) in [6, 6.07) is 1.01. The van der Waals surface area contributed by atoms with Gasteiger partial charge in [0.2, 0.25) is 11.8 Å². The number of nitrogens with zero attached hydrogens (tertiary/aromatic N) is 6. The van der Waals surface area contributed by atoms with Crippen molar-refractivity contribution < 1.29 is 19.0 Å². The molecule has 1 aliphatic rings. The van der Waals surface area contributed by atoms with Crippen molar-refractivity contribution in [1.29, 1.82) is 0 Å². The molecule has 13 heteroatoms. The minimum absolute atomic E-state index is 0.0463. The number of carbonyl (C=O) groups excluding carboxylic acids is 1. The Hall–Kier alpha value is -2.83. The second-order valence-electron chi connectivity index (χ2n) is 12.3. The molecule has 3 aromatic heterocycles. The quantitative estimate of drug-likeness (QED) is 0.257. The molecule has 39 heavy (non-hydrogen) atoms. The zero-order valence-corrected chi connectivity index (χ0v) is 25.9. The summed E-state index contributed by atoms with van der Waals surface area (Å²) >= 11 is 6.70. The highest BCUT2D eigenvalue weighted by molar-refractivity contribution is 6.76. The molecule has 11 nitrogen and oxygen atoms in total. The van der Waals surface area contributed by atoms with Gasteiger partial charge in [-0.25, -0.2) is 4.79 Å². The van der Waals surface area contributed by atoms with Gasteiger partial charge >= 0.3 is 6.09 Å². The summed E-state index contributed by atoms with van der Waals surface area (Å²) in [6.45, 7) is 15.9. The van der Waals surface area contributed by atoms with Gasteiger partial charge in [0.25, 0.3) is 0 Å². The summed E-state index contributed by atoms with van der Waals surface area (Å²) in [5, 5.41) is 8.48. The lowest BCUT2D eigenvalue weighted by atomic mass is 10.2. The highest BCUT2D eigenvalue weighted by atomic mass is 35.5. The highest BCUT2D eigenvalue weighted by Crippen LogP contribution is 2.35. The number of hydrogen-bond acceptors (Lipinski definition) is 8. The SMILES string of the molecule is C[C@H]1C[C@@H](Oc2nc(Nc3cnn(C)c3)nc3c2c(Cl)cn3COCC[Si](C)(C)C)CN1C(=O)OC(C)(C)C. The number of aromatic nitrogens is 5. The van der Waals surface area contributed by atoms with E-state index >= 15 is 0 Å². The molecule has 0 spiro atoms. The monoisotopic (exact) mass is 577 g/mol. The topological polar surface area (TPSA) is 109 Å². The van der Waals surface area contributed by atoms with Crippen LogP contribution in [-0.4, -0.2) is 74.3 Å². The zero-order chi connectivity index (χ0) is 28.5. The van der Waals surface area contributed by atoms with Gasteiger partial charge in [-0.3, -0.25) is 4.68 Å². The van der Waals surface area contributed by atoms with E-state index in [-0.39, 0.29) is 18.2 Å². The average molecular weight is 578 g/mol. The molecular weight excluding hydrogens is 538 g/mol. The number of hydrogen-bond donors (Lipinski definition) is 1. The maximum Gasteiger partial charge on any atom is 0.410 e. The Morgan fingerprint density at radius 1 is 1.23 bits per heavy atom. The number of likely N-dealkylation sites (tertiary alicyclic amines) is 1. The first-order valence-corrected chi connectivity index (χ1v) is 17.3. The molecule has 1 fully saturated rings. The molecule has 3 aromatic rings. The first kappa shape index (κ1) is 29.2. The third-order valence-electron chi connectivity index (χ3n) is 6.27. The van der Waals surface area contributed by atoms with Gasteiger partial charge < -0.3 is 29.0 Å². The average Bonchev–Trinajstić information content (AvgIpc) is 3.46. The van der Waals surface area contributed by atoms with Gasteiger partial charge in [0.1, 0.15) is 18.4 Å². The van der Waals surface area contributed by atoms with E-state index in [0.717, 1.165) is 11.7 Å². The maximum atomic E-state index is 12.8. The first-order valence-electron chi connectivity index (χ1n) is 13.2.